The summed E-state index contributed by atoms with van der Waals surface area (Å²) in [7, 11) is 0.757. The third kappa shape index (κ3) is 18.5. The van der Waals surface area contributed by atoms with Crippen LogP contribution < -0.4 is 0 Å². The van der Waals surface area contributed by atoms with E-state index in [1.165, 1.54) is 103 Å². The molecule has 0 aromatic heterocycles. The molecular weight excluding hydrogens is 296 g/mol. The molecule has 0 heterocycles. The monoisotopic (exact) mass is 343 g/mol. The molecular formula is C22H47S+. The van der Waals surface area contributed by atoms with Crippen LogP contribution in [0.15, 0.2) is 0 Å². The van der Waals surface area contributed by atoms with Gasteiger partial charge >= 0.3 is 0 Å². The highest BCUT2D eigenvalue weighted by Crippen LogP contribution is 2.14. The molecule has 0 aliphatic heterocycles. The first-order chi connectivity index (χ1) is 11.3. The van der Waals surface area contributed by atoms with Crippen molar-refractivity contribution in [3.63, 3.8) is 0 Å². The third-order valence-corrected chi connectivity index (χ3v) is 7.46. The maximum atomic E-state index is 2.32. The summed E-state index contributed by atoms with van der Waals surface area (Å²) < 4.78 is 0. The van der Waals surface area contributed by atoms with Crippen molar-refractivity contribution < 1.29 is 0 Å². The van der Waals surface area contributed by atoms with Gasteiger partial charge in [-0.2, -0.15) is 0 Å². The molecule has 0 atom stereocenters. The standard InChI is InChI=1S/C22H47S/c1-4-7-10-13-16-19-22-23(20-17-14-11-8-5-2)21-18-15-12-9-6-3/h4-22H2,1-3H3/q+1. The largest absolute Gasteiger partial charge is 0.108 e. The van der Waals surface area contributed by atoms with Crippen molar-refractivity contribution in [2.45, 2.75) is 124 Å². The Kier molecular flexibility index (Phi) is 20.7. The van der Waals surface area contributed by atoms with Gasteiger partial charge in [-0.15, -0.1) is 0 Å². The molecule has 0 amide bonds. The van der Waals surface area contributed by atoms with Gasteiger partial charge in [-0.1, -0.05) is 85.0 Å². The van der Waals surface area contributed by atoms with Crippen molar-refractivity contribution in [1.29, 1.82) is 0 Å². The average molecular weight is 344 g/mol. The summed E-state index contributed by atoms with van der Waals surface area (Å²) in [5.41, 5.74) is 0. The predicted molar refractivity (Wildman–Crippen MR) is 113 cm³/mol. The van der Waals surface area contributed by atoms with Crippen LogP contribution in [0.3, 0.4) is 0 Å². The van der Waals surface area contributed by atoms with E-state index in [0.717, 1.165) is 10.9 Å². The van der Waals surface area contributed by atoms with E-state index >= 15 is 0 Å². The molecule has 0 bridgehead atoms. The molecule has 0 saturated heterocycles. The van der Waals surface area contributed by atoms with Crippen LogP contribution in [0.1, 0.15) is 124 Å². The van der Waals surface area contributed by atoms with E-state index in [4.69, 9.17) is 0 Å². The van der Waals surface area contributed by atoms with Crippen LogP contribution in [0, 0.1) is 0 Å². The normalized spacial score (nSPS) is 11.5. The van der Waals surface area contributed by atoms with Crippen molar-refractivity contribution in [2.75, 3.05) is 17.3 Å². The predicted octanol–water partition coefficient (Wildman–Crippen LogP) is 7.91. The summed E-state index contributed by atoms with van der Waals surface area (Å²) >= 11 is 0. The van der Waals surface area contributed by atoms with E-state index in [9.17, 15) is 0 Å². The third-order valence-electron chi connectivity index (χ3n) is 4.86. The summed E-state index contributed by atoms with van der Waals surface area (Å²) in [6.07, 6.45) is 23.4. The molecule has 0 aliphatic rings. The molecule has 0 aliphatic carbocycles. The molecule has 0 N–H and O–H groups in total. The Bertz CT molecular complexity index is 188. The molecule has 1 heteroatoms. The molecule has 23 heavy (non-hydrogen) atoms. The molecule has 0 rings (SSSR count). The van der Waals surface area contributed by atoms with E-state index in [-0.39, 0.29) is 0 Å². The molecule has 0 fully saturated rings. The van der Waals surface area contributed by atoms with Gasteiger partial charge in [0, 0.05) is 0 Å². The maximum absolute atomic E-state index is 2.32. The molecule has 0 unspecified atom stereocenters. The van der Waals surface area contributed by atoms with Crippen molar-refractivity contribution in [1.82, 2.24) is 0 Å². The Balaban J connectivity index is 3.73. The van der Waals surface area contributed by atoms with E-state index in [1.54, 1.807) is 17.3 Å². The van der Waals surface area contributed by atoms with Crippen molar-refractivity contribution >= 4 is 10.9 Å². The summed E-state index contributed by atoms with van der Waals surface area (Å²) in [6.45, 7) is 6.95. The van der Waals surface area contributed by atoms with Crippen LogP contribution in [0.2, 0.25) is 0 Å². The van der Waals surface area contributed by atoms with Gasteiger partial charge in [0.05, 0.1) is 0 Å². The van der Waals surface area contributed by atoms with Gasteiger partial charge in [0.1, 0.15) is 17.3 Å². The van der Waals surface area contributed by atoms with Crippen LogP contribution in [0.4, 0.5) is 0 Å². The Morgan fingerprint density at radius 2 is 0.609 bits per heavy atom. The molecule has 140 valence electrons. The second-order valence-electron chi connectivity index (χ2n) is 7.32. The quantitative estimate of drug-likeness (QED) is 0.165. The van der Waals surface area contributed by atoms with Crippen molar-refractivity contribution in [3.8, 4) is 0 Å². The highest BCUT2D eigenvalue weighted by atomic mass is 32.2. The lowest BCUT2D eigenvalue weighted by molar-refractivity contribution is 0.625. The van der Waals surface area contributed by atoms with Crippen LogP contribution in [0.5, 0.6) is 0 Å². The summed E-state index contributed by atoms with van der Waals surface area (Å²) in [6, 6.07) is 0. The topological polar surface area (TPSA) is 0 Å². The minimum absolute atomic E-state index is 0.757. The average Bonchev–Trinajstić information content (AvgIpc) is 2.56. The second kappa shape index (κ2) is 20.4. The Morgan fingerprint density at radius 3 is 0.913 bits per heavy atom. The first kappa shape index (κ1) is 23.4. The lowest BCUT2D eigenvalue weighted by Gasteiger charge is -2.09. The fraction of sp³-hybridized carbons (Fsp3) is 1.00. The minimum atomic E-state index is 0.757. The molecule has 0 spiro atoms. The van der Waals surface area contributed by atoms with E-state index in [2.05, 4.69) is 20.8 Å². The number of rotatable bonds is 19. The molecule has 0 aromatic carbocycles. The first-order valence-electron chi connectivity index (χ1n) is 11.0. The van der Waals surface area contributed by atoms with Crippen LogP contribution >= 0.6 is 0 Å². The Labute approximate surface area is 151 Å². The molecule has 0 nitrogen and oxygen atoms in total. The fourth-order valence-corrected chi connectivity index (χ4v) is 5.66. The molecule has 0 radical (unpaired) electrons. The van der Waals surface area contributed by atoms with Gasteiger partial charge in [-0.05, 0) is 49.4 Å². The lowest BCUT2D eigenvalue weighted by Crippen LogP contribution is -2.17. The number of hydrogen-bond donors (Lipinski definition) is 0. The Morgan fingerprint density at radius 1 is 0.348 bits per heavy atom. The van der Waals surface area contributed by atoms with Crippen LogP contribution in [-0.2, 0) is 10.9 Å². The zero-order valence-electron chi connectivity index (χ0n) is 16.8. The highest BCUT2D eigenvalue weighted by molar-refractivity contribution is 7.96. The van der Waals surface area contributed by atoms with E-state index in [1.807, 2.05) is 0 Å². The van der Waals surface area contributed by atoms with Gasteiger partial charge < -0.3 is 0 Å². The summed E-state index contributed by atoms with van der Waals surface area (Å²) in [5, 5.41) is 0. The zero-order chi connectivity index (χ0) is 17.0. The van der Waals surface area contributed by atoms with Gasteiger partial charge in [-0.25, -0.2) is 0 Å². The summed E-state index contributed by atoms with van der Waals surface area (Å²) in [5.74, 6) is 4.65. The highest BCUT2D eigenvalue weighted by Gasteiger charge is 2.16. The molecule has 0 aromatic rings. The van der Waals surface area contributed by atoms with E-state index in [0.29, 0.717) is 0 Å². The SMILES string of the molecule is CCCCCCCC[S+](CCCCCCC)CCCCCCC. The van der Waals surface area contributed by atoms with Gasteiger partial charge in [-0.3, -0.25) is 0 Å². The minimum Gasteiger partial charge on any atom is -0.0654 e. The number of unbranched alkanes of at least 4 members (excludes halogenated alkanes) is 13. The van der Waals surface area contributed by atoms with Gasteiger partial charge in [0.15, 0.2) is 0 Å². The lowest BCUT2D eigenvalue weighted by atomic mass is 10.1. The van der Waals surface area contributed by atoms with Crippen molar-refractivity contribution in [3.05, 3.63) is 0 Å². The van der Waals surface area contributed by atoms with Crippen molar-refractivity contribution in [2.24, 2.45) is 0 Å². The smallest absolute Gasteiger partial charge is 0.0654 e. The zero-order valence-corrected chi connectivity index (χ0v) is 17.7. The van der Waals surface area contributed by atoms with Crippen LogP contribution in [0.25, 0.3) is 0 Å². The van der Waals surface area contributed by atoms with E-state index < -0.39 is 0 Å². The van der Waals surface area contributed by atoms with Crippen LogP contribution in [-0.4, -0.2) is 17.3 Å². The Hall–Kier alpha value is 0.350. The first-order valence-corrected chi connectivity index (χ1v) is 12.7. The fourth-order valence-electron chi connectivity index (χ4n) is 3.21. The van der Waals surface area contributed by atoms with Gasteiger partial charge in [0.25, 0.3) is 0 Å². The maximum Gasteiger partial charge on any atom is 0.108 e. The number of hydrogen-bond acceptors (Lipinski definition) is 0. The second-order valence-corrected chi connectivity index (χ2v) is 9.77. The summed E-state index contributed by atoms with van der Waals surface area (Å²) in [4.78, 5) is 0. The van der Waals surface area contributed by atoms with Gasteiger partial charge in [0.2, 0.25) is 0 Å². The molecule has 0 saturated carbocycles.